The molecule has 0 aliphatic carbocycles. The molecule has 20 heavy (non-hydrogen) atoms. The van der Waals surface area contributed by atoms with Crippen LogP contribution in [0.2, 0.25) is 0 Å². The van der Waals surface area contributed by atoms with E-state index in [0.717, 1.165) is 18.5 Å². The molecule has 0 radical (unpaired) electrons. The Morgan fingerprint density at radius 2 is 2.45 bits per heavy atom. The van der Waals surface area contributed by atoms with Gasteiger partial charge in [-0.2, -0.15) is 5.10 Å². The van der Waals surface area contributed by atoms with E-state index < -0.39 is 0 Å². The van der Waals surface area contributed by atoms with Crippen molar-refractivity contribution in [2.24, 2.45) is 5.92 Å². The molecule has 2 heterocycles. The van der Waals surface area contributed by atoms with Crippen LogP contribution in [-0.2, 0) is 17.8 Å². The maximum atomic E-state index is 11.9. The number of nitrogen functional groups attached to an aromatic ring is 1. The van der Waals surface area contributed by atoms with Crippen LogP contribution >= 0.6 is 11.3 Å². The lowest BCUT2D eigenvalue weighted by Gasteiger charge is -2.11. The summed E-state index contributed by atoms with van der Waals surface area (Å²) in [5.41, 5.74) is 6.54. The Hall–Kier alpha value is -1.96. The van der Waals surface area contributed by atoms with Crippen LogP contribution in [-0.4, -0.2) is 32.2 Å². The molecule has 0 saturated carbocycles. The third-order valence-corrected chi connectivity index (χ3v) is 3.58. The second kappa shape index (κ2) is 6.99. The topological polar surface area (TPSA) is 98.7 Å². The van der Waals surface area contributed by atoms with E-state index in [9.17, 15) is 4.79 Å². The van der Waals surface area contributed by atoms with Gasteiger partial charge in [0.1, 0.15) is 12.7 Å². The zero-order valence-electron chi connectivity index (χ0n) is 11.3. The van der Waals surface area contributed by atoms with Crippen molar-refractivity contribution in [1.82, 2.24) is 25.1 Å². The summed E-state index contributed by atoms with van der Waals surface area (Å²) in [5.74, 6) is -0.107. The van der Waals surface area contributed by atoms with Crippen LogP contribution in [0.15, 0.2) is 18.0 Å². The summed E-state index contributed by atoms with van der Waals surface area (Å²) < 4.78 is 1.66. The van der Waals surface area contributed by atoms with Crippen LogP contribution in [0, 0.1) is 5.92 Å². The van der Waals surface area contributed by atoms with Crippen molar-refractivity contribution in [3.63, 3.8) is 0 Å². The fourth-order valence-corrected chi connectivity index (χ4v) is 2.38. The van der Waals surface area contributed by atoms with Crippen molar-refractivity contribution in [2.45, 2.75) is 26.3 Å². The first kappa shape index (κ1) is 14.4. The minimum absolute atomic E-state index is 0.0262. The Morgan fingerprint density at radius 3 is 3.10 bits per heavy atom. The van der Waals surface area contributed by atoms with Crippen LogP contribution in [0.3, 0.4) is 0 Å². The van der Waals surface area contributed by atoms with Crippen molar-refractivity contribution in [1.29, 1.82) is 0 Å². The molecule has 2 aromatic rings. The highest BCUT2D eigenvalue weighted by molar-refractivity contribution is 7.13. The largest absolute Gasteiger partial charge is 0.375 e. The molecule has 0 aliphatic heterocycles. The molecular formula is C12H18N6OS. The third kappa shape index (κ3) is 4.30. The number of carbonyl (C=O) groups excluding carboxylic acids is 1. The molecule has 8 heteroatoms. The molecule has 0 aliphatic rings. The van der Waals surface area contributed by atoms with Crippen molar-refractivity contribution in [2.75, 3.05) is 12.3 Å². The van der Waals surface area contributed by atoms with E-state index >= 15 is 0 Å². The number of thiazole rings is 1. The molecule has 1 amide bonds. The summed E-state index contributed by atoms with van der Waals surface area (Å²) in [6, 6.07) is 0. The molecule has 2 rings (SSSR count). The quantitative estimate of drug-likeness (QED) is 0.732. The maximum Gasteiger partial charge on any atom is 0.224 e. The van der Waals surface area contributed by atoms with Crippen LogP contribution in [0.5, 0.6) is 0 Å². The van der Waals surface area contributed by atoms with Gasteiger partial charge in [-0.05, 0) is 12.8 Å². The van der Waals surface area contributed by atoms with E-state index in [2.05, 4.69) is 20.4 Å². The number of amides is 1. The molecule has 0 unspecified atom stereocenters. The van der Waals surface area contributed by atoms with Crippen LogP contribution in [0.1, 0.15) is 19.0 Å². The first-order chi connectivity index (χ1) is 9.65. The van der Waals surface area contributed by atoms with Gasteiger partial charge in [0.05, 0.1) is 18.2 Å². The smallest absolute Gasteiger partial charge is 0.224 e. The molecule has 0 saturated heterocycles. The Morgan fingerprint density at radius 1 is 1.60 bits per heavy atom. The predicted octanol–water partition coefficient (Wildman–Crippen LogP) is 0.702. The zero-order valence-corrected chi connectivity index (χ0v) is 12.1. The molecule has 0 spiro atoms. The monoisotopic (exact) mass is 294 g/mol. The maximum absolute atomic E-state index is 11.9. The molecule has 108 valence electrons. The van der Waals surface area contributed by atoms with Gasteiger partial charge in [-0.1, -0.05) is 6.92 Å². The van der Waals surface area contributed by atoms with Gasteiger partial charge in [0.25, 0.3) is 0 Å². The SMILES string of the molecule is C[C@H](Cn1cncn1)C(=O)NCCCc1csc(N)n1. The van der Waals surface area contributed by atoms with E-state index in [1.54, 1.807) is 11.0 Å². The number of hydrogen-bond donors (Lipinski definition) is 2. The lowest BCUT2D eigenvalue weighted by Crippen LogP contribution is -2.32. The summed E-state index contributed by atoms with van der Waals surface area (Å²) >= 11 is 1.44. The third-order valence-electron chi connectivity index (χ3n) is 2.85. The van der Waals surface area contributed by atoms with Gasteiger partial charge >= 0.3 is 0 Å². The van der Waals surface area contributed by atoms with Crippen LogP contribution in [0.4, 0.5) is 5.13 Å². The average molecular weight is 294 g/mol. The van der Waals surface area contributed by atoms with E-state index in [1.165, 1.54) is 17.7 Å². The summed E-state index contributed by atoms with van der Waals surface area (Å²) in [7, 11) is 0. The number of nitrogens with zero attached hydrogens (tertiary/aromatic N) is 4. The highest BCUT2D eigenvalue weighted by Gasteiger charge is 2.13. The van der Waals surface area contributed by atoms with E-state index in [-0.39, 0.29) is 11.8 Å². The summed E-state index contributed by atoms with van der Waals surface area (Å²) in [4.78, 5) is 19.9. The first-order valence-electron chi connectivity index (χ1n) is 6.45. The minimum atomic E-state index is -0.133. The van der Waals surface area contributed by atoms with Crippen LogP contribution in [0.25, 0.3) is 0 Å². The Bertz CT molecular complexity index is 538. The van der Waals surface area contributed by atoms with Gasteiger partial charge in [0.15, 0.2) is 5.13 Å². The standard InChI is InChI=1S/C12H18N6OS/c1-9(5-18-8-14-7-16-18)11(19)15-4-2-3-10-6-20-12(13)17-10/h6-9H,2-5H2,1H3,(H2,13,17)(H,15,19)/t9-/m1/s1. The molecule has 0 aromatic carbocycles. The first-order valence-corrected chi connectivity index (χ1v) is 7.33. The van der Waals surface area contributed by atoms with Crippen molar-refractivity contribution >= 4 is 22.4 Å². The van der Waals surface area contributed by atoms with Gasteiger partial charge in [-0.15, -0.1) is 11.3 Å². The second-order valence-corrected chi connectivity index (χ2v) is 5.48. The number of carbonyl (C=O) groups is 1. The average Bonchev–Trinajstić information content (AvgIpc) is 3.06. The summed E-state index contributed by atoms with van der Waals surface area (Å²) in [6.45, 7) is 3.05. The number of rotatable bonds is 7. The molecule has 2 aromatic heterocycles. The number of aromatic nitrogens is 4. The van der Waals surface area contributed by atoms with E-state index in [1.807, 2.05) is 12.3 Å². The van der Waals surface area contributed by atoms with Gasteiger partial charge < -0.3 is 11.1 Å². The Balaban J connectivity index is 1.64. The lowest BCUT2D eigenvalue weighted by molar-refractivity contribution is -0.124. The zero-order chi connectivity index (χ0) is 14.4. The van der Waals surface area contributed by atoms with E-state index in [4.69, 9.17) is 5.73 Å². The van der Waals surface area contributed by atoms with Gasteiger partial charge in [-0.3, -0.25) is 9.48 Å². The number of anilines is 1. The number of hydrogen-bond acceptors (Lipinski definition) is 6. The van der Waals surface area contributed by atoms with Crippen molar-refractivity contribution in [3.8, 4) is 0 Å². The van der Waals surface area contributed by atoms with Crippen molar-refractivity contribution < 1.29 is 4.79 Å². The van der Waals surface area contributed by atoms with Crippen LogP contribution < -0.4 is 11.1 Å². The Labute approximate surface area is 121 Å². The second-order valence-electron chi connectivity index (χ2n) is 4.59. The fourth-order valence-electron chi connectivity index (χ4n) is 1.78. The Kier molecular flexibility index (Phi) is 5.05. The predicted molar refractivity (Wildman–Crippen MR) is 77.0 cm³/mol. The number of nitrogens with one attached hydrogen (secondary N) is 1. The molecule has 7 nitrogen and oxygen atoms in total. The number of aryl methyl sites for hydroxylation is 1. The molecule has 0 bridgehead atoms. The van der Waals surface area contributed by atoms with Gasteiger partial charge in [0.2, 0.25) is 5.91 Å². The van der Waals surface area contributed by atoms with Gasteiger partial charge in [-0.25, -0.2) is 9.97 Å². The summed E-state index contributed by atoms with van der Waals surface area (Å²) in [5, 5.41) is 9.44. The molecular weight excluding hydrogens is 276 g/mol. The highest BCUT2D eigenvalue weighted by Crippen LogP contribution is 2.12. The molecule has 1 atom stereocenters. The molecule has 0 fully saturated rings. The highest BCUT2D eigenvalue weighted by atomic mass is 32.1. The normalized spacial score (nSPS) is 12.2. The minimum Gasteiger partial charge on any atom is -0.375 e. The lowest BCUT2D eigenvalue weighted by atomic mass is 10.1. The summed E-state index contributed by atoms with van der Waals surface area (Å²) in [6.07, 6.45) is 4.75. The van der Waals surface area contributed by atoms with Gasteiger partial charge in [0, 0.05) is 11.9 Å². The van der Waals surface area contributed by atoms with Crippen molar-refractivity contribution in [3.05, 3.63) is 23.7 Å². The number of nitrogens with two attached hydrogens (primary N) is 1. The fraction of sp³-hybridized carbons (Fsp3) is 0.500. The molecule has 3 N–H and O–H groups in total. The van der Waals surface area contributed by atoms with E-state index in [0.29, 0.717) is 18.2 Å².